The van der Waals surface area contributed by atoms with E-state index in [9.17, 15) is 0 Å². The predicted molar refractivity (Wildman–Crippen MR) is 301 cm³/mol. The van der Waals surface area contributed by atoms with Gasteiger partial charge >= 0.3 is 0 Å². The molecule has 8 aromatic carbocycles. The van der Waals surface area contributed by atoms with Gasteiger partial charge in [0.25, 0.3) is 0 Å². The van der Waals surface area contributed by atoms with Crippen LogP contribution in [0.3, 0.4) is 0 Å². The van der Waals surface area contributed by atoms with Crippen LogP contribution < -0.4 is 14.5 Å². The minimum absolute atomic E-state index is 0.0100. The third-order valence-corrected chi connectivity index (χ3v) is 14.6. The number of fused-ring (bicyclic) bond motifs is 7. The fourth-order valence-corrected chi connectivity index (χ4v) is 10.5. The van der Waals surface area contributed by atoms with Crippen LogP contribution in [0.5, 0.6) is 11.5 Å². The second-order valence-electron chi connectivity index (χ2n) is 22.6. The van der Waals surface area contributed by atoms with Gasteiger partial charge in [-0.15, -0.1) is 0 Å². The van der Waals surface area contributed by atoms with Crippen LogP contribution in [-0.2, 0) is 16.2 Å². The van der Waals surface area contributed by atoms with Crippen molar-refractivity contribution < 1.29 is 9.15 Å². The van der Waals surface area contributed by atoms with E-state index >= 15 is 0 Å². The highest BCUT2D eigenvalue weighted by atomic mass is 16.5. The van der Waals surface area contributed by atoms with Crippen molar-refractivity contribution in [1.29, 1.82) is 0 Å². The first-order valence-electron chi connectivity index (χ1n) is 25.2. The summed E-state index contributed by atoms with van der Waals surface area (Å²) in [5.41, 5.74) is 17.0. The van der Waals surface area contributed by atoms with E-state index in [0.717, 1.165) is 89.0 Å². The Morgan fingerprint density at radius 3 is 1.82 bits per heavy atom. The average molecular weight is 941 g/mol. The van der Waals surface area contributed by atoms with Crippen LogP contribution >= 0.6 is 0 Å². The Hall–Kier alpha value is -8.09. The van der Waals surface area contributed by atoms with E-state index in [1.165, 1.54) is 33.8 Å². The minimum atomic E-state index is -0.0516. The number of pyridine rings is 1. The number of para-hydroxylation sites is 3. The van der Waals surface area contributed by atoms with Crippen LogP contribution in [0.1, 0.15) is 79.0 Å². The van der Waals surface area contributed by atoms with E-state index in [1.54, 1.807) is 0 Å². The Kier molecular flexibility index (Phi) is 10.5. The minimum Gasteiger partial charge on any atom is -0.457 e. The van der Waals surface area contributed by atoms with Crippen molar-refractivity contribution in [2.45, 2.75) is 78.6 Å². The Morgan fingerprint density at radius 1 is 0.444 bits per heavy atom. The third kappa shape index (κ3) is 7.96. The number of nitrogens with zero attached hydrogens (tertiary/aromatic N) is 4. The summed E-state index contributed by atoms with van der Waals surface area (Å²) in [6.07, 6.45) is 1.94. The zero-order valence-electron chi connectivity index (χ0n) is 42.7. The molecule has 0 saturated heterocycles. The quantitative estimate of drug-likeness (QED) is 0.159. The van der Waals surface area contributed by atoms with Gasteiger partial charge in [-0.2, -0.15) is 0 Å². The van der Waals surface area contributed by atoms with Gasteiger partial charge in [0.05, 0.1) is 22.4 Å². The van der Waals surface area contributed by atoms with Crippen molar-refractivity contribution >= 4 is 66.5 Å². The Balaban J connectivity index is 0.901. The van der Waals surface area contributed by atoms with E-state index in [4.69, 9.17) is 14.1 Å². The predicted octanol–water partition coefficient (Wildman–Crippen LogP) is 18.3. The lowest BCUT2D eigenvalue weighted by molar-refractivity contribution is 0.483. The number of ether oxygens (including phenoxy) is 1. The molecule has 0 spiro atoms. The van der Waals surface area contributed by atoms with Gasteiger partial charge in [-0.3, -0.25) is 4.57 Å². The molecule has 6 nitrogen and oxygen atoms in total. The van der Waals surface area contributed by atoms with Gasteiger partial charge < -0.3 is 19.0 Å². The number of furan rings is 1. The van der Waals surface area contributed by atoms with E-state index in [0.29, 0.717) is 6.67 Å². The Labute approximate surface area is 422 Å². The smallest absolute Gasteiger partial charge is 0.137 e. The van der Waals surface area contributed by atoms with Crippen molar-refractivity contribution in [1.82, 2.24) is 9.55 Å². The molecule has 0 N–H and O–H groups in total. The monoisotopic (exact) mass is 940 g/mol. The molecule has 0 fully saturated rings. The number of hydrogen-bond donors (Lipinski definition) is 0. The Morgan fingerprint density at radius 2 is 1.08 bits per heavy atom. The lowest BCUT2D eigenvalue weighted by atomic mass is 9.80. The SMILES string of the molecule is CC(C)(C)c1cc(N2CN(c3cccc(Oc4ccc5c6cc(-c7ccc(-c8cccc9oc%10ccccc%10c89)cc7)ccc6n(-c6cc(C(C)(C)C)ccn6)c5c4)c3)c3ccccc32)cc(C(C)(C)C)c1. The molecule has 0 unspecified atom stereocenters. The molecule has 72 heavy (non-hydrogen) atoms. The van der Waals surface area contributed by atoms with Crippen molar-refractivity contribution in [2.24, 2.45) is 0 Å². The first kappa shape index (κ1) is 45.1. The molecule has 0 aliphatic carbocycles. The number of hydrogen-bond acceptors (Lipinski definition) is 5. The van der Waals surface area contributed by atoms with E-state index in [1.807, 2.05) is 18.3 Å². The van der Waals surface area contributed by atoms with E-state index in [2.05, 4.69) is 247 Å². The lowest BCUT2D eigenvalue weighted by Crippen LogP contribution is -2.25. The molecule has 0 saturated carbocycles. The maximum absolute atomic E-state index is 6.86. The van der Waals surface area contributed by atoms with Gasteiger partial charge in [0.2, 0.25) is 0 Å². The second-order valence-corrected chi connectivity index (χ2v) is 22.6. The van der Waals surface area contributed by atoms with Gasteiger partial charge in [-0.05, 0) is 140 Å². The Bertz CT molecular complexity index is 3860. The van der Waals surface area contributed by atoms with Crippen molar-refractivity contribution in [3.8, 4) is 39.6 Å². The van der Waals surface area contributed by atoms with E-state index in [-0.39, 0.29) is 16.2 Å². The van der Waals surface area contributed by atoms with Crippen LogP contribution in [-0.4, -0.2) is 16.2 Å². The summed E-state index contributed by atoms with van der Waals surface area (Å²) >= 11 is 0. The fourth-order valence-electron chi connectivity index (χ4n) is 10.5. The first-order valence-corrected chi connectivity index (χ1v) is 25.2. The summed E-state index contributed by atoms with van der Waals surface area (Å²) in [5, 5.41) is 4.56. The molecule has 12 rings (SSSR count). The molecular formula is C66H60N4O2. The summed E-state index contributed by atoms with van der Waals surface area (Å²) in [6.45, 7) is 21.2. The van der Waals surface area contributed by atoms with Gasteiger partial charge in [-0.25, -0.2) is 4.98 Å². The second kappa shape index (κ2) is 16.8. The lowest BCUT2D eigenvalue weighted by Gasteiger charge is -2.29. The maximum Gasteiger partial charge on any atom is 0.137 e. The van der Waals surface area contributed by atoms with E-state index < -0.39 is 0 Å². The maximum atomic E-state index is 6.86. The summed E-state index contributed by atoms with van der Waals surface area (Å²) in [6, 6.07) is 65.5. The van der Waals surface area contributed by atoms with Crippen molar-refractivity contribution in [2.75, 3.05) is 16.5 Å². The summed E-state index contributed by atoms with van der Waals surface area (Å²) < 4.78 is 15.4. The molecule has 1 aliphatic rings. The van der Waals surface area contributed by atoms with Crippen LogP contribution in [0.15, 0.2) is 193 Å². The number of rotatable bonds is 7. The highest BCUT2D eigenvalue weighted by molar-refractivity contribution is 6.13. The van der Waals surface area contributed by atoms with Gasteiger partial charge in [0.15, 0.2) is 0 Å². The molecule has 4 heterocycles. The molecule has 3 aromatic heterocycles. The summed E-state index contributed by atoms with van der Waals surface area (Å²) in [7, 11) is 0. The molecule has 1 aliphatic heterocycles. The van der Waals surface area contributed by atoms with Gasteiger partial charge in [0.1, 0.15) is 35.2 Å². The molecular weight excluding hydrogens is 881 g/mol. The molecule has 0 bridgehead atoms. The largest absolute Gasteiger partial charge is 0.457 e. The highest BCUT2D eigenvalue weighted by Crippen LogP contribution is 2.47. The normalized spacial score (nSPS) is 13.2. The highest BCUT2D eigenvalue weighted by Gasteiger charge is 2.31. The van der Waals surface area contributed by atoms with Crippen molar-refractivity contribution in [3.63, 3.8) is 0 Å². The molecule has 6 heteroatoms. The molecule has 0 atom stereocenters. The molecule has 0 radical (unpaired) electrons. The number of aromatic nitrogens is 2. The van der Waals surface area contributed by atoms with Crippen LogP contribution in [0.4, 0.5) is 22.7 Å². The standard InChI is InChI=1S/C66H60N4O2/c1-64(2,3)45-32-33-67-62(38-45)70-56-31-28-44(42-24-26-43(27-25-42)52-19-15-23-61-63(52)54-18-10-13-22-60(54)72-61)34-55(56)53-30-29-51(40-59(53)70)71-50-17-14-16-48(39-50)68-41-69(58-21-12-11-20-57(58)68)49-36-46(65(4,5)6)35-47(37-49)66(7,8)9/h10-40H,41H2,1-9H3. The molecule has 356 valence electrons. The van der Waals surface area contributed by atoms with Gasteiger partial charge in [-0.1, -0.05) is 147 Å². The van der Waals surface area contributed by atoms with Crippen LogP contribution in [0.25, 0.3) is 71.8 Å². The number of anilines is 4. The third-order valence-electron chi connectivity index (χ3n) is 14.6. The topological polar surface area (TPSA) is 46.7 Å². The fraction of sp³-hybridized carbons (Fsp3) is 0.197. The zero-order chi connectivity index (χ0) is 49.7. The first-order chi connectivity index (χ1) is 34.5. The summed E-state index contributed by atoms with van der Waals surface area (Å²) in [5.74, 6) is 2.40. The van der Waals surface area contributed by atoms with Crippen molar-refractivity contribution in [3.05, 3.63) is 205 Å². The molecule has 11 aromatic rings. The molecule has 0 amide bonds. The average Bonchev–Trinajstić information content (AvgIpc) is 4.05. The zero-order valence-corrected chi connectivity index (χ0v) is 42.7. The number of benzene rings is 8. The summed E-state index contributed by atoms with van der Waals surface area (Å²) in [4.78, 5) is 9.85. The van der Waals surface area contributed by atoms with Crippen LogP contribution in [0, 0.1) is 0 Å². The van der Waals surface area contributed by atoms with Gasteiger partial charge in [0, 0.05) is 51.2 Å². The van der Waals surface area contributed by atoms with Crippen LogP contribution in [0.2, 0.25) is 0 Å².